The number of methoxy groups -OCH3 is 1. The molecule has 4 rings (SSSR count). The van der Waals surface area contributed by atoms with Crippen molar-refractivity contribution in [3.05, 3.63) is 95.7 Å². The van der Waals surface area contributed by atoms with Crippen LogP contribution in [0.5, 0.6) is 5.75 Å². The predicted molar refractivity (Wildman–Crippen MR) is 110 cm³/mol. The van der Waals surface area contributed by atoms with E-state index in [0.717, 1.165) is 33.6 Å². The molecule has 0 bridgehead atoms. The molecule has 0 fully saturated rings. The number of nitrogens with zero attached hydrogens (tertiary/aromatic N) is 4. The van der Waals surface area contributed by atoms with E-state index in [-0.39, 0.29) is 0 Å². The number of aromatic nitrogens is 2. The summed E-state index contributed by atoms with van der Waals surface area (Å²) >= 11 is 0. The smallest absolute Gasteiger partial charge is 0.196 e. The molecule has 4 aromatic rings. The minimum Gasteiger partial charge on any atom is -0.496 e. The summed E-state index contributed by atoms with van der Waals surface area (Å²) in [4.78, 5) is 9.48. The van der Waals surface area contributed by atoms with E-state index in [0.29, 0.717) is 18.8 Å². The Labute approximate surface area is 163 Å². The molecule has 0 spiro atoms. The lowest BCUT2D eigenvalue weighted by molar-refractivity contribution is 0.409. The third-order valence-electron chi connectivity index (χ3n) is 4.44. The normalized spacial score (nSPS) is 11.2. The molecule has 0 radical (unpaired) electrons. The Balaban J connectivity index is 1.67. The lowest BCUT2D eigenvalue weighted by Crippen LogP contribution is -1.96. The van der Waals surface area contributed by atoms with E-state index < -0.39 is 0 Å². The van der Waals surface area contributed by atoms with E-state index in [1.54, 1.807) is 7.11 Å². The van der Waals surface area contributed by atoms with Crippen molar-refractivity contribution in [2.45, 2.75) is 13.0 Å². The van der Waals surface area contributed by atoms with Crippen LogP contribution in [0.3, 0.4) is 0 Å². The molecule has 0 amide bonds. The fourth-order valence-corrected chi connectivity index (χ4v) is 3.03. The first kappa shape index (κ1) is 17.8. The van der Waals surface area contributed by atoms with E-state index >= 15 is 0 Å². The van der Waals surface area contributed by atoms with Gasteiger partial charge in [-0.1, -0.05) is 60.7 Å². The van der Waals surface area contributed by atoms with Crippen LogP contribution in [0.4, 0.5) is 5.82 Å². The second-order valence-corrected chi connectivity index (χ2v) is 6.36. The highest BCUT2D eigenvalue weighted by Gasteiger charge is 2.10. The van der Waals surface area contributed by atoms with Gasteiger partial charge in [0.1, 0.15) is 5.75 Å². The van der Waals surface area contributed by atoms with E-state index in [1.165, 1.54) is 0 Å². The van der Waals surface area contributed by atoms with Crippen LogP contribution in [0.2, 0.25) is 0 Å². The number of ether oxygens (including phenoxy) is 1. The average molecular weight is 368 g/mol. The largest absolute Gasteiger partial charge is 0.496 e. The molecule has 0 N–H and O–H groups in total. The van der Waals surface area contributed by atoms with Crippen LogP contribution < -0.4 is 4.74 Å². The van der Waals surface area contributed by atoms with Crippen molar-refractivity contribution in [2.75, 3.05) is 7.11 Å². The zero-order valence-corrected chi connectivity index (χ0v) is 15.6. The molecule has 0 saturated heterocycles. The van der Waals surface area contributed by atoms with E-state index in [4.69, 9.17) is 14.7 Å². The molecule has 0 saturated carbocycles. The molecule has 0 aliphatic carbocycles. The van der Waals surface area contributed by atoms with E-state index in [9.17, 15) is 0 Å². The fourth-order valence-electron chi connectivity index (χ4n) is 3.03. The summed E-state index contributed by atoms with van der Waals surface area (Å²) in [6.07, 6.45) is 0.654. The van der Waals surface area contributed by atoms with Gasteiger partial charge in [0.15, 0.2) is 5.82 Å². The highest BCUT2D eigenvalue weighted by molar-refractivity contribution is 5.75. The number of fused-ring (bicyclic) bond motifs is 1. The van der Waals surface area contributed by atoms with Gasteiger partial charge in [0.2, 0.25) is 0 Å². The van der Waals surface area contributed by atoms with Crippen molar-refractivity contribution in [1.82, 2.24) is 9.97 Å². The molecule has 1 aromatic heterocycles. The van der Waals surface area contributed by atoms with Crippen LogP contribution in [-0.4, -0.2) is 17.1 Å². The number of para-hydroxylation sites is 3. The molecule has 1 heterocycles. The van der Waals surface area contributed by atoms with Crippen molar-refractivity contribution in [3.8, 4) is 5.75 Å². The zero-order valence-electron chi connectivity index (χ0n) is 15.6. The standard InChI is InChI=1S/C23H20N4O/c1-28-22-14-8-5-11-18(22)16-24-27-23-21(15-17-9-3-2-4-10-17)25-19-12-6-7-13-20(19)26-23/h2-14H,15-16H2,1H3. The van der Waals surface area contributed by atoms with Crippen LogP contribution in [0.1, 0.15) is 16.8 Å². The summed E-state index contributed by atoms with van der Waals surface area (Å²) in [5.41, 5.74) is 4.62. The highest BCUT2D eigenvalue weighted by atomic mass is 16.5. The van der Waals surface area contributed by atoms with E-state index in [1.807, 2.05) is 66.7 Å². The summed E-state index contributed by atoms with van der Waals surface area (Å²) in [6, 6.07) is 25.8. The molecule has 138 valence electrons. The Morgan fingerprint density at radius 2 is 1.46 bits per heavy atom. The Morgan fingerprint density at radius 1 is 0.786 bits per heavy atom. The molecule has 3 aromatic carbocycles. The zero-order chi connectivity index (χ0) is 19.2. The number of azo groups is 1. The van der Waals surface area contributed by atoms with Crippen LogP contribution in [0.15, 0.2) is 89.1 Å². The molecule has 0 aliphatic heterocycles. The summed E-state index contributed by atoms with van der Waals surface area (Å²) in [5.74, 6) is 1.35. The molecular weight excluding hydrogens is 348 g/mol. The van der Waals surface area contributed by atoms with Gasteiger partial charge in [-0.15, -0.1) is 5.11 Å². The maximum atomic E-state index is 5.38. The number of hydrogen-bond acceptors (Lipinski definition) is 5. The SMILES string of the molecule is COc1ccccc1CN=Nc1nc2ccccc2nc1Cc1ccccc1. The molecule has 28 heavy (non-hydrogen) atoms. The minimum absolute atomic E-state index is 0.420. The van der Waals surface area contributed by atoms with Crippen LogP contribution in [0, 0.1) is 0 Å². The maximum Gasteiger partial charge on any atom is 0.196 e. The van der Waals surface area contributed by atoms with Gasteiger partial charge in [-0.05, 0) is 23.8 Å². The molecule has 5 heteroatoms. The molecular formula is C23H20N4O. The Bertz CT molecular complexity index is 1110. The van der Waals surface area contributed by atoms with Crippen molar-refractivity contribution in [1.29, 1.82) is 0 Å². The fraction of sp³-hybridized carbons (Fsp3) is 0.130. The Kier molecular flexibility index (Phi) is 5.33. The average Bonchev–Trinajstić information content (AvgIpc) is 2.75. The number of benzene rings is 3. The van der Waals surface area contributed by atoms with Gasteiger partial charge >= 0.3 is 0 Å². The van der Waals surface area contributed by atoms with Gasteiger partial charge in [0, 0.05) is 12.0 Å². The van der Waals surface area contributed by atoms with Gasteiger partial charge in [-0.25, -0.2) is 9.97 Å². The minimum atomic E-state index is 0.420. The first-order valence-corrected chi connectivity index (χ1v) is 9.12. The lowest BCUT2D eigenvalue weighted by Gasteiger charge is -2.07. The van der Waals surface area contributed by atoms with Gasteiger partial charge in [-0.2, -0.15) is 5.11 Å². The van der Waals surface area contributed by atoms with Crippen LogP contribution in [0.25, 0.3) is 11.0 Å². The first-order chi connectivity index (χ1) is 13.8. The number of hydrogen-bond donors (Lipinski definition) is 0. The molecule has 5 nitrogen and oxygen atoms in total. The lowest BCUT2D eigenvalue weighted by atomic mass is 10.1. The molecule has 0 atom stereocenters. The number of rotatable bonds is 6. The molecule has 0 aliphatic rings. The summed E-state index contributed by atoms with van der Waals surface area (Å²) in [6.45, 7) is 0.420. The monoisotopic (exact) mass is 368 g/mol. The van der Waals surface area contributed by atoms with Crippen LogP contribution >= 0.6 is 0 Å². The van der Waals surface area contributed by atoms with Gasteiger partial charge in [0.05, 0.1) is 30.4 Å². The summed E-state index contributed by atoms with van der Waals surface area (Å²) in [5, 5.41) is 8.79. The first-order valence-electron chi connectivity index (χ1n) is 9.12. The Hall–Kier alpha value is -3.60. The van der Waals surface area contributed by atoms with Crippen molar-refractivity contribution < 1.29 is 4.74 Å². The predicted octanol–water partition coefficient (Wildman–Crippen LogP) is 5.51. The topological polar surface area (TPSA) is 59.7 Å². The molecule has 0 unspecified atom stereocenters. The van der Waals surface area contributed by atoms with Crippen molar-refractivity contribution in [2.24, 2.45) is 10.2 Å². The van der Waals surface area contributed by atoms with Gasteiger partial charge < -0.3 is 4.74 Å². The van der Waals surface area contributed by atoms with Gasteiger partial charge in [-0.3, -0.25) is 0 Å². The van der Waals surface area contributed by atoms with E-state index in [2.05, 4.69) is 22.4 Å². The Morgan fingerprint density at radius 3 is 2.25 bits per heavy atom. The quantitative estimate of drug-likeness (QED) is 0.421. The summed E-state index contributed by atoms with van der Waals surface area (Å²) < 4.78 is 5.38. The van der Waals surface area contributed by atoms with Crippen molar-refractivity contribution >= 4 is 16.9 Å². The third kappa shape index (κ3) is 4.04. The van der Waals surface area contributed by atoms with Crippen LogP contribution in [-0.2, 0) is 13.0 Å². The van der Waals surface area contributed by atoms with Crippen molar-refractivity contribution in [3.63, 3.8) is 0 Å². The maximum absolute atomic E-state index is 5.38. The summed E-state index contributed by atoms with van der Waals surface area (Å²) in [7, 11) is 1.66. The third-order valence-corrected chi connectivity index (χ3v) is 4.44. The van der Waals surface area contributed by atoms with Gasteiger partial charge in [0.25, 0.3) is 0 Å². The second-order valence-electron chi connectivity index (χ2n) is 6.36. The highest BCUT2D eigenvalue weighted by Crippen LogP contribution is 2.24. The second kappa shape index (κ2) is 8.39.